The van der Waals surface area contributed by atoms with Crippen molar-refractivity contribution in [1.29, 1.82) is 0 Å². The Morgan fingerprint density at radius 3 is 2.44 bits per heavy atom. The van der Waals surface area contributed by atoms with Gasteiger partial charge in [0, 0.05) is 35.8 Å². The molecule has 3 rings (SSSR count). The normalized spacial score (nSPS) is 32.2. The topological polar surface area (TPSA) is 81.2 Å². The number of fused-ring (bicyclic) bond motifs is 1. The highest BCUT2D eigenvalue weighted by atomic mass is 79.9. The number of alkyl halides is 1. The van der Waals surface area contributed by atoms with Gasteiger partial charge in [-0.3, -0.25) is 14.4 Å². The maximum Gasteiger partial charge on any atom is 0.247 e. The number of hydrogen-bond acceptors (Lipinski definition) is 5. The third-order valence-corrected chi connectivity index (χ3v) is 11.2. The average Bonchev–Trinajstić information content (AvgIpc) is 3.44. The molecule has 0 radical (unpaired) electrons. The summed E-state index contributed by atoms with van der Waals surface area (Å²) >= 11 is 5.47. The van der Waals surface area contributed by atoms with E-state index in [9.17, 15) is 19.5 Å². The fourth-order valence-corrected chi connectivity index (χ4v) is 10.1. The zero-order valence-corrected chi connectivity index (χ0v) is 24.5. The van der Waals surface area contributed by atoms with Crippen LogP contribution in [-0.2, 0) is 14.4 Å². The molecule has 36 heavy (non-hydrogen) atoms. The van der Waals surface area contributed by atoms with E-state index in [1.54, 1.807) is 40.6 Å². The van der Waals surface area contributed by atoms with Crippen LogP contribution in [0.4, 0.5) is 0 Å². The van der Waals surface area contributed by atoms with E-state index in [-0.39, 0.29) is 40.4 Å². The molecule has 0 aliphatic carbocycles. The second kappa shape index (κ2) is 12.0. The van der Waals surface area contributed by atoms with E-state index in [2.05, 4.69) is 36.0 Å². The van der Waals surface area contributed by atoms with Gasteiger partial charge in [-0.2, -0.15) is 0 Å². The van der Waals surface area contributed by atoms with E-state index in [0.717, 1.165) is 19.3 Å². The Labute approximate surface area is 228 Å². The van der Waals surface area contributed by atoms with Crippen LogP contribution in [0.2, 0.25) is 0 Å². The Bertz CT molecular complexity index is 872. The van der Waals surface area contributed by atoms with Crippen molar-refractivity contribution in [2.75, 3.05) is 26.2 Å². The van der Waals surface area contributed by atoms with Crippen LogP contribution in [-0.4, -0.2) is 96.7 Å². The minimum atomic E-state index is -0.733. The summed E-state index contributed by atoms with van der Waals surface area (Å²) in [5.41, 5.74) is 0. The maximum atomic E-state index is 14.3. The molecule has 1 N–H and O–H groups in total. The van der Waals surface area contributed by atoms with Crippen LogP contribution in [0.25, 0.3) is 0 Å². The van der Waals surface area contributed by atoms with Gasteiger partial charge in [-0.25, -0.2) is 0 Å². The molecule has 3 saturated heterocycles. The van der Waals surface area contributed by atoms with Crippen molar-refractivity contribution in [2.24, 2.45) is 11.8 Å². The van der Waals surface area contributed by atoms with Crippen molar-refractivity contribution in [2.45, 2.75) is 86.3 Å². The van der Waals surface area contributed by atoms with Crippen LogP contribution in [0.1, 0.15) is 53.4 Å². The molecule has 202 valence electrons. The predicted octanol–water partition coefficient (Wildman–Crippen LogP) is 3.46. The summed E-state index contributed by atoms with van der Waals surface area (Å²) in [6.07, 6.45) is 6.67. The largest absolute Gasteiger partial charge is 0.394 e. The Hall–Kier alpha value is -1.32. The van der Waals surface area contributed by atoms with Crippen molar-refractivity contribution in [3.63, 3.8) is 0 Å². The van der Waals surface area contributed by atoms with Gasteiger partial charge in [0.1, 0.15) is 6.04 Å². The van der Waals surface area contributed by atoms with Gasteiger partial charge in [-0.15, -0.1) is 24.9 Å². The number of thioether (sulfide) groups is 1. The summed E-state index contributed by atoms with van der Waals surface area (Å²) in [5, 5.41) is 10.0. The van der Waals surface area contributed by atoms with Gasteiger partial charge >= 0.3 is 0 Å². The van der Waals surface area contributed by atoms with Crippen LogP contribution >= 0.6 is 27.7 Å². The van der Waals surface area contributed by atoms with Gasteiger partial charge in [-0.1, -0.05) is 48.4 Å². The number of carbonyl (C=O) groups excluding carboxylic acids is 3. The first-order valence-corrected chi connectivity index (χ1v) is 15.0. The first-order chi connectivity index (χ1) is 17.1. The summed E-state index contributed by atoms with van der Waals surface area (Å²) < 4.78 is -0.714. The first kappa shape index (κ1) is 29.2. The molecule has 3 aliphatic heterocycles. The summed E-state index contributed by atoms with van der Waals surface area (Å²) in [7, 11) is 0. The number of aliphatic hydroxyl groups is 1. The molecule has 7 nitrogen and oxygen atoms in total. The second-order valence-corrected chi connectivity index (χ2v) is 13.1. The van der Waals surface area contributed by atoms with Crippen molar-refractivity contribution < 1.29 is 19.5 Å². The van der Waals surface area contributed by atoms with Gasteiger partial charge in [0.25, 0.3) is 0 Å². The lowest BCUT2D eigenvalue weighted by Crippen LogP contribution is -2.58. The van der Waals surface area contributed by atoms with E-state index in [4.69, 9.17) is 0 Å². The molecule has 2 bridgehead atoms. The molecule has 4 unspecified atom stereocenters. The summed E-state index contributed by atoms with van der Waals surface area (Å²) in [6.45, 7) is 16.8. The molecule has 3 amide bonds. The van der Waals surface area contributed by atoms with Crippen molar-refractivity contribution in [3.8, 4) is 0 Å². The van der Waals surface area contributed by atoms with E-state index in [1.165, 1.54) is 0 Å². The lowest BCUT2D eigenvalue weighted by atomic mass is 9.70. The van der Waals surface area contributed by atoms with Gasteiger partial charge < -0.3 is 19.8 Å². The predicted molar refractivity (Wildman–Crippen MR) is 149 cm³/mol. The smallest absolute Gasteiger partial charge is 0.247 e. The van der Waals surface area contributed by atoms with Gasteiger partial charge in [0.05, 0.1) is 29.2 Å². The molecule has 9 heteroatoms. The maximum absolute atomic E-state index is 14.3. The van der Waals surface area contributed by atoms with E-state index < -0.39 is 28.7 Å². The molecular formula is C27H42BrN3O4S. The number of aliphatic hydroxyl groups excluding tert-OH is 1. The zero-order chi connectivity index (χ0) is 26.8. The molecule has 0 aromatic carbocycles. The number of hydrogen-bond donors (Lipinski definition) is 1. The molecule has 0 aromatic rings. The average molecular weight is 585 g/mol. The zero-order valence-electron chi connectivity index (χ0n) is 22.1. The molecule has 3 heterocycles. The fraction of sp³-hybridized carbons (Fsp3) is 0.741. The highest BCUT2D eigenvalue weighted by molar-refractivity contribution is 9.09. The van der Waals surface area contributed by atoms with Gasteiger partial charge in [-0.05, 0) is 33.1 Å². The van der Waals surface area contributed by atoms with Crippen LogP contribution in [0.5, 0.6) is 0 Å². The SMILES string of the molecule is C=CCN(CCC)C(=O)[C@H]1[C@H]2C(=O)N([C@H](C)CO)C(C(=O)N(CC=C)C(C)CCC)C23CC(Br)[C@@H]1S3. The lowest BCUT2D eigenvalue weighted by Gasteiger charge is -2.41. The number of carbonyl (C=O) groups is 3. The minimum Gasteiger partial charge on any atom is -0.394 e. The van der Waals surface area contributed by atoms with Crippen LogP contribution in [0, 0.1) is 11.8 Å². The third-order valence-electron chi connectivity index (χ3n) is 7.99. The highest BCUT2D eigenvalue weighted by Gasteiger charge is 2.76. The standard InChI is InChI=1S/C27H42BrN3O4S/c1-7-11-17(5)30(14-10-4)26(35)23-27-15-19(28)22(36-27)20(24(33)29(12-8-2)13-9-3)21(27)25(34)31(23)18(6)16-32/h8,10,17-23,32H,2,4,7,9,11-16H2,1,3,5-6H3/t17?,18-,19?,20+,21+,22+,23?,27?/m1/s1. The fourth-order valence-electron chi connectivity index (χ4n) is 6.48. The minimum absolute atomic E-state index is 0.00855. The molecule has 0 saturated carbocycles. The molecule has 0 aromatic heterocycles. The summed E-state index contributed by atoms with van der Waals surface area (Å²) in [6, 6.07) is -1.27. The van der Waals surface area contributed by atoms with Gasteiger partial charge in [0.2, 0.25) is 17.7 Å². The van der Waals surface area contributed by atoms with Crippen molar-refractivity contribution in [3.05, 3.63) is 25.3 Å². The number of likely N-dealkylation sites (tertiary alicyclic amines) is 1. The molecule has 3 aliphatic rings. The Balaban J connectivity index is 2.10. The lowest BCUT2D eigenvalue weighted by molar-refractivity contribution is -0.147. The molecule has 3 fully saturated rings. The molecule has 1 spiro atoms. The number of halogens is 1. The quantitative estimate of drug-likeness (QED) is 0.265. The van der Waals surface area contributed by atoms with E-state index in [1.807, 2.05) is 18.7 Å². The number of nitrogens with zero attached hydrogens (tertiary/aromatic N) is 3. The Morgan fingerprint density at radius 2 is 1.89 bits per heavy atom. The Kier molecular flexibility index (Phi) is 9.77. The first-order valence-electron chi connectivity index (χ1n) is 13.2. The highest BCUT2D eigenvalue weighted by Crippen LogP contribution is 2.68. The summed E-state index contributed by atoms with van der Waals surface area (Å²) in [4.78, 5) is 47.6. The van der Waals surface area contributed by atoms with Crippen LogP contribution in [0.15, 0.2) is 25.3 Å². The monoisotopic (exact) mass is 583 g/mol. The summed E-state index contributed by atoms with van der Waals surface area (Å²) in [5.74, 6) is -1.43. The van der Waals surface area contributed by atoms with Crippen LogP contribution in [0.3, 0.4) is 0 Å². The van der Waals surface area contributed by atoms with Crippen LogP contribution < -0.4 is 0 Å². The third kappa shape index (κ3) is 4.80. The van der Waals surface area contributed by atoms with E-state index in [0.29, 0.717) is 26.1 Å². The van der Waals surface area contributed by atoms with Crippen molar-refractivity contribution in [1.82, 2.24) is 14.7 Å². The second-order valence-electron chi connectivity index (χ2n) is 10.4. The molecular weight excluding hydrogens is 542 g/mol. The Morgan fingerprint density at radius 1 is 1.22 bits per heavy atom. The molecule has 8 atom stereocenters. The van der Waals surface area contributed by atoms with Crippen molar-refractivity contribution >= 4 is 45.4 Å². The number of amides is 3. The number of rotatable bonds is 13. The van der Waals surface area contributed by atoms with E-state index >= 15 is 0 Å². The van der Waals surface area contributed by atoms with Gasteiger partial charge in [0.15, 0.2) is 0 Å².